The summed E-state index contributed by atoms with van der Waals surface area (Å²) in [6.07, 6.45) is -0.975. The second-order valence-corrected chi connectivity index (χ2v) is 2.82. The maximum Gasteiger partial charge on any atom is 0.113 e. The summed E-state index contributed by atoms with van der Waals surface area (Å²) < 4.78 is 4.98. The van der Waals surface area contributed by atoms with Gasteiger partial charge in [0.25, 0.3) is 0 Å². The van der Waals surface area contributed by atoms with Crippen molar-refractivity contribution in [1.29, 1.82) is 0 Å². The van der Waals surface area contributed by atoms with Crippen molar-refractivity contribution in [1.82, 2.24) is 0 Å². The second kappa shape index (κ2) is 1.94. The molecule has 1 rings (SSSR count). The standard InChI is InChI=1S/C6H12O3/c1-4-5(7)6(2,8)3-9-4/h4-5,7-8H,3H2,1-2H3. The molecule has 0 spiro atoms. The van der Waals surface area contributed by atoms with Gasteiger partial charge >= 0.3 is 0 Å². The van der Waals surface area contributed by atoms with Gasteiger partial charge < -0.3 is 14.9 Å². The van der Waals surface area contributed by atoms with Crippen LogP contribution in [0, 0.1) is 0 Å². The Hall–Kier alpha value is -0.120. The number of aliphatic hydroxyl groups is 2. The highest BCUT2D eigenvalue weighted by molar-refractivity contribution is 4.91. The van der Waals surface area contributed by atoms with Gasteiger partial charge in [0.1, 0.15) is 11.7 Å². The molecule has 0 aliphatic carbocycles. The fourth-order valence-electron chi connectivity index (χ4n) is 0.982. The monoisotopic (exact) mass is 132 g/mol. The molecule has 1 fully saturated rings. The minimum atomic E-state index is -1.04. The van der Waals surface area contributed by atoms with Crippen LogP contribution in [-0.4, -0.2) is 34.6 Å². The van der Waals surface area contributed by atoms with Crippen LogP contribution in [0.25, 0.3) is 0 Å². The first-order valence-electron chi connectivity index (χ1n) is 3.06. The summed E-state index contributed by atoms with van der Waals surface area (Å²) in [7, 11) is 0. The second-order valence-electron chi connectivity index (χ2n) is 2.82. The van der Waals surface area contributed by atoms with Crippen LogP contribution in [0.2, 0.25) is 0 Å². The van der Waals surface area contributed by atoms with Crippen molar-refractivity contribution in [3.8, 4) is 0 Å². The van der Waals surface area contributed by atoms with Crippen LogP contribution in [0.3, 0.4) is 0 Å². The molecule has 3 atom stereocenters. The first-order chi connectivity index (χ1) is 4.04. The molecule has 3 nitrogen and oxygen atoms in total. The average Bonchev–Trinajstić information content (AvgIpc) is 1.97. The number of aliphatic hydroxyl groups excluding tert-OH is 1. The Morgan fingerprint density at radius 1 is 1.67 bits per heavy atom. The molecule has 1 heterocycles. The van der Waals surface area contributed by atoms with E-state index in [0.717, 1.165) is 0 Å². The Morgan fingerprint density at radius 3 is 2.33 bits per heavy atom. The number of hydrogen-bond donors (Lipinski definition) is 2. The third-order valence-electron chi connectivity index (χ3n) is 1.72. The van der Waals surface area contributed by atoms with E-state index in [4.69, 9.17) is 9.84 Å². The Morgan fingerprint density at radius 2 is 2.22 bits per heavy atom. The van der Waals surface area contributed by atoms with Gasteiger partial charge in [-0.05, 0) is 13.8 Å². The number of rotatable bonds is 0. The van der Waals surface area contributed by atoms with Crippen molar-refractivity contribution in [3.63, 3.8) is 0 Å². The van der Waals surface area contributed by atoms with Gasteiger partial charge in [0.15, 0.2) is 0 Å². The Kier molecular flexibility index (Phi) is 1.50. The van der Waals surface area contributed by atoms with E-state index >= 15 is 0 Å². The van der Waals surface area contributed by atoms with E-state index in [9.17, 15) is 5.11 Å². The fourth-order valence-corrected chi connectivity index (χ4v) is 0.982. The zero-order chi connectivity index (χ0) is 7.07. The molecule has 0 amide bonds. The largest absolute Gasteiger partial charge is 0.387 e. The third kappa shape index (κ3) is 1.08. The van der Waals surface area contributed by atoms with Gasteiger partial charge in [0.2, 0.25) is 0 Å². The van der Waals surface area contributed by atoms with Gasteiger partial charge in [-0.3, -0.25) is 0 Å². The number of ether oxygens (including phenoxy) is 1. The van der Waals surface area contributed by atoms with Crippen molar-refractivity contribution < 1.29 is 14.9 Å². The quantitative estimate of drug-likeness (QED) is 0.468. The Bertz CT molecular complexity index is 111. The predicted molar refractivity (Wildman–Crippen MR) is 32.0 cm³/mol. The van der Waals surface area contributed by atoms with Crippen molar-refractivity contribution in [2.75, 3.05) is 6.61 Å². The fraction of sp³-hybridized carbons (Fsp3) is 1.00. The van der Waals surface area contributed by atoms with Gasteiger partial charge in [0, 0.05) is 0 Å². The van der Waals surface area contributed by atoms with E-state index in [2.05, 4.69) is 0 Å². The highest BCUT2D eigenvalue weighted by Gasteiger charge is 2.41. The lowest BCUT2D eigenvalue weighted by Gasteiger charge is -2.19. The molecule has 9 heavy (non-hydrogen) atoms. The van der Waals surface area contributed by atoms with Crippen LogP contribution in [0.4, 0.5) is 0 Å². The first-order valence-corrected chi connectivity index (χ1v) is 3.06. The van der Waals surface area contributed by atoms with Crippen molar-refractivity contribution in [2.24, 2.45) is 0 Å². The molecule has 3 unspecified atom stereocenters. The summed E-state index contributed by atoms with van der Waals surface area (Å²) in [4.78, 5) is 0. The molecule has 1 aliphatic heterocycles. The predicted octanol–water partition coefficient (Wildman–Crippen LogP) is -0.483. The zero-order valence-corrected chi connectivity index (χ0v) is 5.66. The first kappa shape index (κ1) is 6.99. The minimum absolute atomic E-state index is 0.231. The maximum absolute atomic E-state index is 9.26. The minimum Gasteiger partial charge on any atom is -0.387 e. The van der Waals surface area contributed by atoms with E-state index in [1.165, 1.54) is 0 Å². The summed E-state index contributed by atoms with van der Waals surface area (Å²) >= 11 is 0. The van der Waals surface area contributed by atoms with E-state index in [1.54, 1.807) is 13.8 Å². The molecule has 3 heteroatoms. The van der Waals surface area contributed by atoms with E-state index in [-0.39, 0.29) is 12.7 Å². The highest BCUT2D eigenvalue weighted by Crippen LogP contribution is 2.23. The lowest BCUT2D eigenvalue weighted by atomic mass is 10.0. The van der Waals surface area contributed by atoms with Gasteiger partial charge in [-0.1, -0.05) is 0 Å². The summed E-state index contributed by atoms with van der Waals surface area (Å²) in [6, 6.07) is 0. The van der Waals surface area contributed by atoms with Gasteiger partial charge in [-0.2, -0.15) is 0 Å². The molecular weight excluding hydrogens is 120 g/mol. The molecule has 1 saturated heterocycles. The summed E-state index contributed by atoms with van der Waals surface area (Å²) in [5.74, 6) is 0. The van der Waals surface area contributed by atoms with Crippen LogP contribution in [0.1, 0.15) is 13.8 Å². The van der Waals surface area contributed by atoms with Crippen molar-refractivity contribution in [2.45, 2.75) is 31.7 Å². The molecule has 1 aliphatic rings. The molecule has 0 aromatic carbocycles. The molecule has 0 bridgehead atoms. The van der Waals surface area contributed by atoms with Gasteiger partial charge in [-0.25, -0.2) is 0 Å². The van der Waals surface area contributed by atoms with Crippen LogP contribution >= 0.6 is 0 Å². The third-order valence-corrected chi connectivity index (χ3v) is 1.72. The molecule has 54 valence electrons. The van der Waals surface area contributed by atoms with Crippen LogP contribution < -0.4 is 0 Å². The lowest BCUT2D eigenvalue weighted by molar-refractivity contribution is -0.0338. The lowest BCUT2D eigenvalue weighted by Crippen LogP contribution is -2.39. The highest BCUT2D eigenvalue weighted by atomic mass is 16.5. The smallest absolute Gasteiger partial charge is 0.113 e. The number of hydrogen-bond acceptors (Lipinski definition) is 3. The van der Waals surface area contributed by atoms with Crippen LogP contribution in [-0.2, 0) is 4.74 Å². The summed E-state index contributed by atoms with van der Waals surface area (Å²) in [5.41, 5.74) is -1.04. The average molecular weight is 132 g/mol. The topological polar surface area (TPSA) is 49.7 Å². The molecule has 0 saturated carbocycles. The van der Waals surface area contributed by atoms with Crippen molar-refractivity contribution >= 4 is 0 Å². The Labute approximate surface area is 54.3 Å². The molecule has 0 aromatic rings. The molecular formula is C6H12O3. The SMILES string of the molecule is CC1OCC(C)(O)C1O. The van der Waals surface area contributed by atoms with E-state index < -0.39 is 11.7 Å². The molecule has 0 aromatic heterocycles. The summed E-state index contributed by atoms with van der Waals surface area (Å²) in [6.45, 7) is 3.54. The molecule has 2 N–H and O–H groups in total. The molecule has 0 radical (unpaired) electrons. The van der Waals surface area contributed by atoms with Crippen LogP contribution in [0.15, 0.2) is 0 Å². The maximum atomic E-state index is 9.26. The van der Waals surface area contributed by atoms with E-state index in [1.807, 2.05) is 0 Å². The zero-order valence-electron chi connectivity index (χ0n) is 5.66. The summed E-state index contributed by atoms with van der Waals surface area (Å²) in [5, 5.41) is 18.4. The van der Waals surface area contributed by atoms with Gasteiger partial charge in [0.05, 0.1) is 12.7 Å². The van der Waals surface area contributed by atoms with E-state index in [0.29, 0.717) is 0 Å². The Balaban J connectivity index is 2.62. The van der Waals surface area contributed by atoms with Crippen LogP contribution in [0.5, 0.6) is 0 Å². The normalized spacial score (nSPS) is 52.0. The van der Waals surface area contributed by atoms with Gasteiger partial charge in [-0.15, -0.1) is 0 Å². The van der Waals surface area contributed by atoms with Crippen molar-refractivity contribution in [3.05, 3.63) is 0 Å².